The van der Waals surface area contributed by atoms with Crippen molar-refractivity contribution in [1.82, 2.24) is 9.80 Å². The third-order valence-electron chi connectivity index (χ3n) is 4.45. The lowest BCUT2D eigenvalue weighted by molar-refractivity contribution is -0.385. The molecule has 0 fully saturated rings. The van der Waals surface area contributed by atoms with Crippen molar-refractivity contribution in [2.45, 2.75) is 6.04 Å². The lowest BCUT2D eigenvalue weighted by Crippen LogP contribution is -2.36. The molecule has 0 radical (unpaired) electrons. The summed E-state index contributed by atoms with van der Waals surface area (Å²) in [7, 11) is 4.09. The van der Waals surface area contributed by atoms with E-state index in [9.17, 15) is 10.1 Å². The highest BCUT2D eigenvalue weighted by molar-refractivity contribution is 5.49. The molecule has 0 spiro atoms. The fourth-order valence-corrected chi connectivity index (χ4v) is 3.19. The Hall–Kier alpha value is -2.44. The van der Waals surface area contributed by atoms with Crippen molar-refractivity contribution in [2.24, 2.45) is 0 Å². The fraction of sp³-hybridized carbons (Fsp3) is 0.368. The van der Waals surface area contributed by atoms with E-state index < -0.39 is 0 Å². The van der Waals surface area contributed by atoms with Crippen molar-refractivity contribution >= 4 is 5.69 Å². The zero-order chi connectivity index (χ0) is 17.8. The highest BCUT2D eigenvalue weighted by Gasteiger charge is 2.29. The first kappa shape index (κ1) is 17.4. The number of ether oxygens (including phenoxy) is 1. The molecule has 6 heteroatoms. The molecule has 25 heavy (non-hydrogen) atoms. The minimum Gasteiger partial charge on any atom is -0.492 e. The first-order valence-corrected chi connectivity index (χ1v) is 8.41. The minimum atomic E-state index is -0.350. The van der Waals surface area contributed by atoms with Crippen molar-refractivity contribution in [1.29, 1.82) is 0 Å². The van der Waals surface area contributed by atoms with Crippen LogP contribution in [0, 0.1) is 10.1 Å². The van der Waals surface area contributed by atoms with E-state index in [1.807, 2.05) is 32.3 Å². The summed E-state index contributed by atoms with van der Waals surface area (Å²) in [4.78, 5) is 15.4. The number of non-ortho nitro benzene ring substituents is 1. The maximum absolute atomic E-state index is 11.3. The molecule has 1 aliphatic rings. The van der Waals surface area contributed by atoms with Gasteiger partial charge in [-0.25, -0.2) is 0 Å². The Labute approximate surface area is 147 Å². The first-order chi connectivity index (χ1) is 12.1. The van der Waals surface area contributed by atoms with E-state index in [-0.39, 0.29) is 16.7 Å². The summed E-state index contributed by atoms with van der Waals surface area (Å²) >= 11 is 0. The van der Waals surface area contributed by atoms with Gasteiger partial charge in [0.25, 0.3) is 5.69 Å². The number of rotatable bonds is 5. The van der Waals surface area contributed by atoms with Crippen LogP contribution in [0.5, 0.6) is 5.75 Å². The van der Waals surface area contributed by atoms with Crippen LogP contribution in [0.2, 0.25) is 0 Å². The van der Waals surface area contributed by atoms with Gasteiger partial charge in [0, 0.05) is 37.3 Å². The topological polar surface area (TPSA) is 58.8 Å². The SMILES string of the molecule is CN(C)CCN1CCOc2ccc([N+](=O)[O-])cc2C1c1ccccc1. The lowest BCUT2D eigenvalue weighted by atomic mass is 9.96. The van der Waals surface area contributed by atoms with Crippen LogP contribution in [0.25, 0.3) is 0 Å². The first-order valence-electron chi connectivity index (χ1n) is 8.41. The van der Waals surface area contributed by atoms with Crippen LogP contribution in [0.1, 0.15) is 17.2 Å². The quantitative estimate of drug-likeness (QED) is 0.618. The Morgan fingerprint density at radius 2 is 2.00 bits per heavy atom. The van der Waals surface area contributed by atoms with Crippen LogP contribution in [0.15, 0.2) is 48.5 Å². The molecule has 0 saturated heterocycles. The molecule has 3 rings (SSSR count). The highest BCUT2D eigenvalue weighted by Crippen LogP contribution is 2.38. The van der Waals surface area contributed by atoms with Gasteiger partial charge in [0.15, 0.2) is 0 Å². The molecule has 132 valence electrons. The van der Waals surface area contributed by atoms with Gasteiger partial charge in [-0.2, -0.15) is 0 Å². The number of nitro groups is 1. The Balaban J connectivity index is 2.07. The summed E-state index contributed by atoms with van der Waals surface area (Å²) in [5, 5.41) is 11.3. The second kappa shape index (κ2) is 7.63. The van der Waals surface area contributed by atoms with Crippen LogP contribution in [0.3, 0.4) is 0 Å². The lowest BCUT2D eigenvalue weighted by Gasteiger charge is -2.31. The maximum Gasteiger partial charge on any atom is 0.270 e. The predicted octanol–water partition coefficient (Wildman–Crippen LogP) is 2.94. The third kappa shape index (κ3) is 3.97. The van der Waals surface area contributed by atoms with Crippen molar-refractivity contribution < 1.29 is 9.66 Å². The van der Waals surface area contributed by atoms with Crippen LogP contribution in [-0.4, -0.2) is 55.1 Å². The number of hydrogen-bond donors (Lipinski definition) is 0. The third-order valence-corrected chi connectivity index (χ3v) is 4.45. The molecule has 1 atom stereocenters. The number of fused-ring (bicyclic) bond motifs is 1. The summed E-state index contributed by atoms with van der Waals surface area (Å²) < 4.78 is 5.89. The average Bonchev–Trinajstić information content (AvgIpc) is 2.79. The highest BCUT2D eigenvalue weighted by atomic mass is 16.6. The van der Waals surface area contributed by atoms with Crippen molar-refractivity contribution in [3.8, 4) is 5.75 Å². The molecule has 2 aromatic rings. The van der Waals surface area contributed by atoms with Gasteiger partial charge in [-0.05, 0) is 25.7 Å². The molecule has 0 amide bonds. The maximum atomic E-state index is 11.3. The largest absolute Gasteiger partial charge is 0.492 e. The van der Waals surface area contributed by atoms with E-state index in [2.05, 4.69) is 21.9 Å². The number of hydrogen-bond acceptors (Lipinski definition) is 5. The Bertz CT molecular complexity index is 734. The predicted molar refractivity (Wildman–Crippen MR) is 97.0 cm³/mol. The summed E-state index contributed by atoms with van der Waals surface area (Å²) in [6, 6.07) is 15.0. The van der Waals surface area contributed by atoms with Gasteiger partial charge in [0.2, 0.25) is 0 Å². The van der Waals surface area contributed by atoms with E-state index in [4.69, 9.17) is 4.74 Å². The Morgan fingerprint density at radius 3 is 2.68 bits per heavy atom. The molecule has 0 saturated carbocycles. The average molecular weight is 341 g/mol. The number of benzene rings is 2. The van der Waals surface area contributed by atoms with Gasteiger partial charge in [-0.3, -0.25) is 15.0 Å². The Kier molecular flexibility index (Phi) is 5.31. The monoisotopic (exact) mass is 341 g/mol. The molecular formula is C19H23N3O3. The van der Waals surface area contributed by atoms with Gasteiger partial charge < -0.3 is 9.64 Å². The molecule has 1 heterocycles. The molecular weight excluding hydrogens is 318 g/mol. The zero-order valence-corrected chi connectivity index (χ0v) is 14.6. The van der Waals surface area contributed by atoms with Gasteiger partial charge in [-0.15, -0.1) is 0 Å². The van der Waals surface area contributed by atoms with Crippen molar-refractivity contribution in [3.63, 3.8) is 0 Å². The zero-order valence-electron chi connectivity index (χ0n) is 14.6. The van der Waals surface area contributed by atoms with Crippen LogP contribution < -0.4 is 4.74 Å². The van der Waals surface area contributed by atoms with Crippen LogP contribution in [0.4, 0.5) is 5.69 Å². The van der Waals surface area contributed by atoms with Gasteiger partial charge >= 0.3 is 0 Å². The van der Waals surface area contributed by atoms with E-state index in [1.165, 1.54) is 6.07 Å². The van der Waals surface area contributed by atoms with Crippen molar-refractivity contribution in [2.75, 3.05) is 40.3 Å². The summed E-state index contributed by atoms with van der Waals surface area (Å²) in [6.07, 6.45) is 0. The molecule has 1 aliphatic heterocycles. The summed E-state index contributed by atoms with van der Waals surface area (Å²) in [5.41, 5.74) is 2.07. The summed E-state index contributed by atoms with van der Waals surface area (Å²) in [5.74, 6) is 0.729. The van der Waals surface area contributed by atoms with E-state index in [0.29, 0.717) is 6.61 Å². The molecule has 2 aromatic carbocycles. The fourth-order valence-electron chi connectivity index (χ4n) is 3.19. The second-order valence-electron chi connectivity index (χ2n) is 6.48. The van der Waals surface area contributed by atoms with Crippen molar-refractivity contribution in [3.05, 3.63) is 69.8 Å². The second-order valence-corrected chi connectivity index (χ2v) is 6.48. The summed E-state index contributed by atoms with van der Waals surface area (Å²) in [6.45, 7) is 3.11. The number of likely N-dealkylation sites (N-methyl/N-ethyl adjacent to an activating group) is 1. The molecule has 0 aliphatic carbocycles. The van der Waals surface area contributed by atoms with Gasteiger partial charge in [-0.1, -0.05) is 30.3 Å². The van der Waals surface area contributed by atoms with E-state index >= 15 is 0 Å². The Morgan fingerprint density at radius 1 is 1.24 bits per heavy atom. The standard InChI is InChI=1S/C19H23N3O3/c1-20(2)10-11-21-12-13-25-18-9-8-16(22(23)24)14-17(18)19(21)15-6-4-3-5-7-15/h3-9,14,19H,10-13H2,1-2H3. The van der Waals surface area contributed by atoms with Gasteiger partial charge in [0.1, 0.15) is 12.4 Å². The molecule has 6 nitrogen and oxygen atoms in total. The smallest absolute Gasteiger partial charge is 0.270 e. The number of nitrogens with zero attached hydrogens (tertiary/aromatic N) is 3. The van der Waals surface area contributed by atoms with E-state index in [1.54, 1.807) is 12.1 Å². The van der Waals surface area contributed by atoms with E-state index in [0.717, 1.165) is 36.5 Å². The normalized spacial score (nSPS) is 17.6. The van der Waals surface area contributed by atoms with Crippen LogP contribution in [-0.2, 0) is 0 Å². The molecule has 0 bridgehead atoms. The molecule has 0 aromatic heterocycles. The molecule has 1 unspecified atom stereocenters. The van der Waals surface area contributed by atoms with Crippen LogP contribution >= 0.6 is 0 Å². The number of nitro benzene ring substituents is 1. The molecule has 0 N–H and O–H groups in total. The minimum absolute atomic E-state index is 0.0569. The van der Waals surface area contributed by atoms with Gasteiger partial charge in [0.05, 0.1) is 11.0 Å².